The van der Waals surface area contributed by atoms with Crippen molar-refractivity contribution in [2.24, 2.45) is 16.8 Å². The fraction of sp³-hybridized carbons (Fsp3) is 0.889. The Kier molecular flexibility index (Phi) is 2.12. The van der Waals surface area contributed by atoms with Crippen LogP contribution in [0.3, 0.4) is 0 Å². The molecule has 0 aromatic heterocycles. The molecule has 1 nitrogen and oxygen atoms in total. The summed E-state index contributed by atoms with van der Waals surface area (Å²) in [5, 5.41) is 0.622. The standard InChI is InChI=1S/C9H13Cl2N/c1-12-8(10)9(11)5-6-2-3-7(9)4-6/h6-7H,2-5H2,1H3/t6-,7+,9+/m0/s1. The largest absolute Gasteiger partial charge is 0.279 e. The number of halogens is 2. The molecular weight excluding hydrogens is 193 g/mol. The molecule has 2 fully saturated rings. The van der Waals surface area contributed by atoms with Gasteiger partial charge in [0, 0.05) is 7.05 Å². The van der Waals surface area contributed by atoms with E-state index in [1.54, 1.807) is 7.05 Å². The first-order chi connectivity index (χ1) is 5.66. The van der Waals surface area contributed by atoms with Crippen molar-refractivity contribution in [1.29, 1.82) is 0 Å². The van der Waals surface area contributed by atoms with Crippen LogP contribution in [0.5, 0.6) is 0 Å². The van der Waals surface area contributed by atoms with E-state index in [1.165, 1.54) is 19.3 Å². The van der Waals surface area contributed by atoms with Gasteiger partial charge in [0.2, 0.25) is 0 Å². The highest BCUT2D eigenvalue weighted by molar-refractivity contribution is 6.72. The lowest BCUT2D eigenvalue weighted by Crippen LogP contribution is -2.35. The smallest absolute Gasteiger partial charge is 0.121 e. The second-order valence-electron chi connectivity index (χ2n) is 3.96. The number of aliphatic imine (C=N–C) groups is 1. The van der Waals surface area contributed by atoms with Gasteiger partial charge in [-0.25, -0.2) is 0 Å². The minimum atomic E-state index is -0.292. The lowest BCUT2D eigenvalue weighted by atomic mass is 9.89. The van der Waals surface area contributed by atoms with E-state index in [2.05, 4.69) is 4.99 Å². The van der Waals surface area contributed by atoms with Crippen LogP contribution in [0.25, 0.3) is 0 Å². The van der Waals surface area contributed by atoms with Crippen LogP contribution in [-0.2, 0) is 0 Å². The minimum Gasteiger partial charge on any atom is -0.279 e. The van der Waals surface area contributed by atoms with Crippen LogP contribution < -0.4 is 0 Å². The molecule has 0 heterocycles. The van der Waals surface area contributed by atoms with Gasteiger partial charge in [-0.05, 0) is 31.1 Å². The molecule has 12 heavy (non-hydrogen) atoms. The van der Waals surface area contributed by atoms with Gasteiger partial charge < -0.3 is 0 Å². The van der Waals surface area contributed by atoms with Crippen LogP contribution >= 0.6 is 23.2 Å². The van der Waals surface area contributed by atoms with Gasteiger partial charge >= 0.3 is 0 Å². The van der Waals surface area contributed by atoms with E-state index in [-0.39, 0.29) is 4.87 Å². The number of nitrogens with zero attached hydrogens (tertiary/aromatic N) is 1. The van der Waals surface area contributed by atoms with E-state index in [9.17, 15) is 0 Å². The highest BCUT2D eigenvalue weighted by Gasteiger charge is 2.52. The first-order valence-electron chi connectivity index (χ1n) is 4.48. The molecule has 0 N–H and O–H groups in total. The molecule has 0 amide bonds. The van der Waals surface area contributed by atoms with E-state index in [0.29, 0.717) is 11.1 Å². The van der Waals surface area contributed by atoms with Gasteiger partial charge in [-0.15, -0.1) is 11.6 Å². The summed E-state index contributed by atoms with van der Waals surface area (Å²) in [4.78, 5) is 3.72. The molecule has 2 bridgehead atoms. The summed E-state index contributed by atoms with van der Waals surface area (Å²) in [5.74, 6) is 1.39. The quantitative estimate of drug-likeness (QED) is 0.461. The highest BCUT2D eigenvalue weighted by Crippen LogP contribution is 2.55. The molecule has 2 rings (SSSR count). The van der Waals surface area contributed by atoms with Crippen molar-refractivity contribution in [3.8, 4) is 0 Å². The maximum Gasteiger partial charge on any atom is 0.121 e. The number of rotatable bonds is 1. The second-order valence-corrected chi connectivity index (χ2v) is 4.99. The summed E-state index contributed by atoms with van der Waals surface area (Å²) in [6.07, 6.45) is 4.87. The summed E-state index contributed by atoms with van der Waals surface area (Å²) in [5.41, 5.74) is 0. The van der Waals surface area contributed by atoms with Crippen LogP contribution in [0.15, 0.2) is 4.99 Å². The summed E-state index contributed by atoms with van der Waals surface area (Å²) in [7, 11) is 1.72. The number of hydrogen-bond acceptors (Lipinski definition) is 1. The third-order valence-corrected chi connectivity index (χ3v) is 4.56. The van der Waals surface area contributed by atoms with E-state index < -0.39 is 0 Å². The molecule has 3 heteroatoms. The Morgan fingerprint density at radius 3 is 2.67 bits per heavy atom. The van der Waals surface area contributed by atoms with Crippen LogP contribution in [0, 0.1) is 11.8 Å². The third-order valence-electron chi connectivity index (χ3n) is 3.31. The summed E-state index contributed by atoms with van der Waals surface area (Å²) < 4.78 is 0. The average Bonchev–Trinajstić information content (AvgIpc) is 2.62. The second kappa shape index (κ2) is 2.88. The fourth-order valence-electron chi connectivity index (χ4n) is 2.70. The molecule has 0 aromatic carbocycles. The van der Waals surface area contributed by atoms with Crippen molar-refractivity contribution in [2.75, 3.05) is 7.05 Å². The molecule has 2 aliphatic rings. The Balaban J connectivity index is 2.23. The monoisotopic (exact) mass is 205 g/mol. The van der Waals surface area contributed by atoms with E-state index >= 15 is 0 Å². The van der Waals surface area contributed by atoms with Gasteiger partial charge in [-0.2, -0.15) is 0 Å². The Morgan fingerprint density at radius 2 is 2.25 bits per heavy atom. The molecule has 0 unspecified atom stereocenters. The topological polar surface area (TPSA) is 12.4 Å². The molecule has 0 saturated heterocycles. The van der Waals surface area contributed by atoms with Gasteiger partial charge in [0.15, 0.2) is 0 Å². The Morgan fingerprint density at radius 1 is 1.50 bits per heavy atom. The summed E-state index contributed by atoms with van der Waals surface area (Å²) >= 11 is 12.5. The summed E-state index contributed by atoms with van der Waals surface area (Å²) in [6.45, 7) is 0. The van der Waals surface area contributed by atoms with Crippen LogP contribution in [-0.4, -0.2) is 17.1 Å². The van der Waals surface area contributed by atoms with Gasteiger partial charge in [-0.3, -0.25) is 4.99 Å². The molecule has 0 aromatic rings. The normalized spacial score (nSPS) is 47.1. The van der Waals surface area contributed by atoms with Crippen molar-refractivity contribution in [3.63, 3.8) is 0 Å². The molecule has 68 valence electrons. The molecule has 0 spiro atoms. The fourth-order valence-corrected chi connectivity index (χ4v) is 3.43. The lowest BCUT2D eigenvalue weighted by Gasteiger charge is -2.29. The number of hydrogen-bond donors (Lipinski definition) is 0. The Labute approximate surface area is 83.1 Å². The molecule has 3 atom stereocenters. The van der Waals surface area contributed by atoms with Crippen LogP contribution in [0.2, 0.25) is 0 Å². The first-order valence-corrected chi connectivity index (χ1v) is 5.24. The minimum absolute atomic E-state index is 0.292. The first kappa shape index (κ1) is 8.83. The van der Waals surface area contributed by atoms with Crippen molar-refractivity contribution in [1.82, 2.24) is 0 Å². The molecular formula is C9H13Cl2N. The maximum atomic E-state index is 6.46. The van der Waals surface area contributed by atoms with Gasteiger partial charge in [0.1, 0.15) is 10.0 Å². The zero-order valence-corrected chi connectivity index (χ0v) is 8.70. The third kappa shape index (κ3) is 1.10. The lowest BCUT2D eigenvalue weighted by molar-refractivity contribution is 0.443. The SMILES string of the molecule is CN=C(Cl)[C@@]1(Cl)C[C@H]2CC[C@@H]1C2. The average molecular weight is 206 g/mol. The predicted molar refractivity (Wildman–Crippen MR) is 53.2 cm³/mol. The van der Waals surface area contributed by atoms with Gasteiger partial charge in [0.25, 0.3) is 0 Å². The maximum absolute atomic E-state index is 6.46. The van der Waals surface area contributed by atoms with E-state index in [4.69, 9.17) is 23.2 Å². The summed E-state index contributed by atoms with van der Waals surface area (Å²) in [6, 6.07) is 0. The van der Waals surface area contributed by atoms with Crippen molar-refractivity contribution < 1.29 is 0 Å². The highest BCUT2D eigenvalue weighted by atomic mass is 35.5. The van der Waals surface area contributed by atoms with Crippen LogP contribution in [0.4, 0.5) is 0 Å². The van der Waals surface area contributed by atoms with Crippen molar-refractivity contribution in [3.05, 3.63) is 0 Å². The van der Waals surface area contributed by atoms with Gasteiger partial charge in [0.05, 0.1) is 0 Å². The van der Waals surface area contributed by atoms with E-state index in [0.717, 1.165) is 12.3 Å². The van der Waals surface area contributed by atoms with Crippen molar-refractivity contribution in [2.45, 2.75) is 30.6 Å². The zero-order valence-electron chi connectivity index (χ0n) is 7.19. The zero-order chi connectivity index (χ0) is 8.77. The van der Waals surface area contributed by atoms with Crippen molar-refractivity contribution >= 4 is 28.4 Å². The van der Waals surface area contributed by atoms with Gasteiger partial charge in [-0.1, -0.05) is 18.0 Å². The Hall–Kier alpha value is 0.250. The molecule has 2 aliphatic carbocycles. The predicted octanol–water partition coefficient (Wildman–Crippen LogP) is 3.05. The Bertz CT molecular complexity index is 227. The molecule has 0 aliphatic heterocycles. The number of alkyl halides is 1. The number of fused-ring (bicyclic) bond motifs is 2. The van der Waals surface area contributed by atoms with Crippen LogP contribution in [0.1, 0.15) is 25.7 Å². The molecule has 2 saturated carbocycles. The van der Waals surface area contributed by atoms with E-state index in [1.807, 2.05) is 0 Å². The molecule has 0 radical (unpaired) electrons.